The summed E-state index contributed by atoms with van der Waals surface area (Å²) in [6, 6.07) is 12.4. The fourth-order valence-electron chi connectivity index (χ4n) is 3.58. The van der Waals surface area contributed by atoms with E-state index in [-0.39, 0.29) is 0 Å². The number of hydrogen-bond donors (Lipinski definition) is 3. The first kappa shape index (κ1) is 15.7. The first-order valence-electron chi connectivity index (χ1n) is 9.02. The fraction of sp³-hybridized carbons (Fsp3) is 0.200. The Bertz CT molecular complexity index is 1140. The monoisotopic (exact) mass is 357 g/mol. The summed E-state index contributed by atoms with van der Waals surface area (Å²) in [4.78, 5) is 17.0. The molecule has 3 heterocycles. The third-order valence-electron chi connectivity index (χ3n) is 4.90. The van der Waals surface area contributed by atoms with E-state index in [1.165, 1.54) is 11.1 Å². The average molecular weight is 357 g/mol. The van der Waals surface area contributed by atoms with Crippen LogP contribution in [-0.4, -0.2) is 31.4 Å². The second-order valence-corrected chi connectivity index (χ2v) is 6.79. The number of hydrogen-bond acceptors (Lipinski definition) is 5. The Morgan fingerprint density at radius 1 is 1.22 bits per heavy atom. The molecule has 7 heteroatoms. The molecule has 27 heavy (non-hydrogen) atoms. The number of nitrogens with zero attached hydrogens (tertiary/aromatic N) is 4. The summed E-state index contributed by atoms with van der Waals surface area (Å²) in [6.07, 6.45) is 6.05. The van der Waals surface area contributed by atoms with Gasteiger partial charge < -0.3 is 10.3 Å². The summed E-state index contributed by atoms with van der Waals surface area (Å²) >= 11 is 0. The Morgan fingerprint density at radius 3 is 3.04 bits per heavy atom. The zero-order valence-electron chi connectivity index (χ0n) is 14.9. The molecule has 0 bridgehead atoms. The summed E-state index contributed by atoms with van der Waals surface area (Å²) in [5.74, 6) is 2.13. The van der Waals surface area contributed by atoms with Gasteiger partial charge in [-0.2, -0.15) is 15.1 Å². The van der Waals surface area contributed by atoms with Crippen LogP contribution in [0.1, 0.15) is 29.2 Å². The lowest BCUT2D eigenvalue weighted by molar-refractivity contribution is 0.860. The SMILES string of the molecule is Cc1cc(Nc2nc(/N=C\C3CCc4ccccc43)c3cc[nH]c3n2)n[nH]1. The summed E-state index contributed by atoms with van der Waals surface area (Å²) in [5.41, 5.74) is 4.50. The van der Waals surface area contributed by atoms with Gasteiger partial charge in [-0.1, -0.05) is 24.3 Å². The van der Waals surface area contributed by atoms with Crippen LogP contribution in [0.15, 0.2) is 47.6 Å². The maximum Gasteiger partial charge on any atom is 0.232 e. The highest BCUT2D eigenvalue weighted by molar-refractivity contribution is 5.89. The molecule has 1 unspecified atom stereocenters. The number of aromatic nitrogens is 5. The van der Waals surface area contributed by atoms with Crippen molar-refractivity contribution >= 4 is 34.8 Å². The molecule has 0 radical (unpaired) electrons. The van der Waals surface area contributed by atoms with Crippen molar-refractivity contribution in [1.82, 2.24) is 25.1 Å². The molecule has 1 aliphatic rings. The Labute approximate surface area is 156 Å². The topological polar surface area (TPSA) is 94.6 Å². The molecule has 0 spiro atoms. The lowest BCUT2D eigenvalue weighted by atomic mass is 10.0. The van der Waals surface area contributed by atoms with Crippen molar-refractivity contribution in [2.75, 3.05) is 5.32 Å². The van der Waals surface area contributed by atoms with Crippen molar-refractivity contribution in [2.45, 2.75) is 25.7 Å². The number of rotatable bonds is 4. The first-order valence-corrected chi connectivity index (χ1v) is 9.02. The van der Waals surface area contributed by atoms with Gasteiger partial charge in [-0.05, 0) is 37.0 Å². The molecular formula is C20H19N7. The van der Waals surface area contributed by atoms with Crippen LogP contribution in [0, 0.1) is 6.92 Å². The minimum Gasteiger partial charge on any atom is -0.346 e. The van der Waals surface area contributed by atoms with Gasteiger partial charge in [0, 0.05) is 30.1 Å². The quantitative estimate of drug-likeness (QED) is 0.478. The van der Waals surface area contributed by atoms with Gasteiger partial charge in [-0.15, -0.1) is 0 Å². The molecule has 1 aliphatic carbocycles. The second kappa shape index (κ2) is 6.35. The van der Waals surface area contributed by atoms with Crippen molar-refractivity contribution in [1.29, 1.82) is 0 Å². The lowest BCUT2D eigenvalue weighted by Crippen LogP contribution is -1.99. The third kappa shape index (κ3) is 2.97. The largest absolute Gasteiger partial charge is 0.346 e. The fourth-order valence-corrected chi connectivity index (χ4v) is 3.58. The highest BCUT2D eigenvalue weighted by atomic mass is 15.2. The number of anilines is 2. The van der Waals surface area contributed by atoms with E-state index in [0.717, 1.165) is 29.6 Å². The number of nitrogens with one attached hydrogen (secondary N) is 3. The smallest absolute Gasteiger partial charge is 0.232 e. The van der Waals surface area contributed by atoms with Crippen LogP contribution in [-0.2, 0) is 6.42 Å². The molecule has 3 N–H and O–H groups in total. The summed E-state index contributed by atoms with van der Waals surface area (Å²) in [7, 11) is 0. The van der Waals surface area contributed by atoms with Gasteiger partial charge in [0.1, 0.15) is 5.65 Å². The number of fused-ring (bicyclic) bond motifs is 2. The number of benzene rings is 1. The van der Waals surface area contributed by atoms with Crippen molar-refractivity contribution in [3.8, 4) is 0 Å². The van der Waals surface area contributed by atoms with Gasteiger partial charge in [0.05, 0.1) is 5.39 Å². The van der Waals surface area contributed by atoms with E-state index in [1.54, 1.807) is 0 Å². The summed E-state index contributed by atoms with van der Waals surface area (Å²) < 4.78 is 0. The van der Waals surface area contributed by atoms with Crippen LogP contribution >= 0.6 is 0 Å². The molecule has 0 fully saturated rings. The predicted molar refractivity (Wildman–Crippen MR) is 106 cm³/mol. The van der Waals surface area contributed by atoms with E-state index in [2.05, 4.69) is 54.7 Å². The molecule has 4 aromatic rings. The maximum atomic E-state index is 4.73. The molecule has 0 aliphatic heterocycles. The van der Waals surface area contributed by atoms with E-state index in [0.29, 0.717) is 23.5 Å². The normalized spacial score (nSPS) is 16.3. The molecule has 0 amide bonds. The molecule has 134 valence electrons. The van der Waals surface area contributed by atoms with E-state index in [4.69, 9.17) is 4.99 Å². The minimum absolute atomic E-state index is 0.329. The van der Waals surface area contributed by atoms with Crippen LogP contribution in [0.5, 0.6) is 0 Å². The van der Waals surface area contributed by atoms with Gasteiger partial charge in [0.2, 0.25) is 5.95 Å². The zero-order valence-corrected chi connectivity index (χ0v) is 14.9. The van der Waals surface area contributed by atoms with Gasteiger partial charge in [0.15, 0.2) is 11.6 Å². The van der Waals surface area contributed by atoms with Crippen molar-refractivity contribution in [3.05, 3.63) is 59.4 Å². The van der Waals surface area contributed by atoms with E-state index < -0.39 is 0 Å². The van der Waals surface area contributed by atoms with Crippen molar-refractivity contribution in [3.63, 3.8) is 0 Å². The maximum absolute atomic E-state index is 4.73. The molecule has 3 aromatic heterocycles. The van der Waals surface area contributed by atoms with Crippen LogP contribution in [0.25, 0.3) is 11.0 Å². The van der Waals surface area contributed by atoms with Crippen molar-refractivity contribution in [2.24, 2.45) is 4.99 Å². The zero-order chi connectivity index (χ0) is 18.2. The Morgan fingerprint density at radius 2 is 2.15 bits per heavy atom. The van der Waals surface area contributed by atoms with Gasteiger partial charge >= 0.3 is 0 Å². The molecule has 5 rings (SSSR count). The number of aromatic amines is 2. The highest BCUT2D eigenvalue weighted by Gasteiger charge is 2.20. The molecule has 1 atom stereocenters. The number of aryl methyl sites for hydroxylation is 2. The highest BCUT2D eigenvalue weighted by Crippen LogP contribution is 2.32. The second-order valence-electron chi connectivity index (χ2n) is 6.79. The number of H-pyrrole nitrogens is 2. The third-order valence-corrected chi connectivity index (χ3v) is 4.90. The Hall–Kier alpha value is -3.48. The standard InChI is InChI=1S/C20H19N7/c1-12-10-17(27-26-12)23-20-24-18-16(8-9-21-18)19(25-20)22-11-14-7-6-13-4-2-3-5-15(13)14/h2-5,8-11,14H,6-7H2,1H3,(H3,21,23,24,25,26,27)/b22-11-. The molecule has 0 saturated carbocycles. The van der Waals surface area contributed by atoms with E-state index >= 15 is 0 Å². The Kier molecular flexibility index (Phi) is 3.71. The first-order chi connectivity index (χ1) is 13.3. The van der Waals surface area contributed by atoms with Gasteiger partial charge in [0.25, 0.3) is 0 Å². The van der Waals surface area contributed by atoms with Crippen molar-refractivity contribution < 1.29 is 0 Å². The number of aliphatic imine (C=N–C) groups is 1. The molecule has 0 saturated heterocycles. The summed E-state index contributed by atoms with van der Waals surface area (Å²) in [5, 5.41) is 11.1. The Balaban J connectivity index is 1.48. The van der Waals surface area contributed by atoms with Crippen LogP contribution in [0.3, 0.4) is 0 Å². The van der Waals surface area contributed by atoms with Crippen LogP contribution in [0.4, 0.5) is 17.6 Å². The minimum atomic E-state index is 0.329. The van der Waals surface area contributed by atoms with Crippen LogP contribution in [0.2, 0.25) is 0 Å². The lowest BCUT2D eigenvalue weighted by Gasteiger charge is -2.06. The van der Waals surface area contributed by atoms with Gasteiger partial charge in [-0.3, -0.25) is 5.10 Å². The molecule has 1 aromatic carbocycles. The van der Waals surface area contributed by atoms with Gasteiger partial charge in [-0.25, -0.2) is 4.99 Å². The predicted octanol–water partition coefficient (Wildman–Crippen LogP) is 4.17. The molecular weight excluding hydrogens is 338 g/mol. The summed E-state index contributed by atoms with van der Waals surface area (Å²) in [6.45, 7) is 1.95. The van der Waals surface area contributed by atoms with E-state index in [9.17, 15) is 0 Å². The molecule has 7 nitrogen and oxygen atoms in total. The van der Waals surface area contributed by atoms with Crippen LogP contribution < -0.4 is 5.32 Å². The van der Waals surface area contributed by atoms with E-state index in [1.807, 2.05) is 31.5 Å². The average Bonchev–Trinajstić information content (AvgIpc) is 3.40.